The van der Waals surface area contributed by atoms with Gasteiger partial charge in [-0.1, -0.05) is 60.0 Å². The molecule has 0 radical (unpaired) electrons. The van der Waals surface area contributed by atoms with Gasteiger partial charge in [-0.05, 0) is 36.2 Å². The van der Waals surface area contributed by atoms with Crippen molar-refractivity contribution in [2.45, 2.75) is 13.0 Å². The van der Waals surface area contributed by atoms with Crippen molar-refractivity contribution in [3.63, 3.8) is 0 Å². The molecule has 158 valence electrons. The number of rotatable bonds is 8. The first-order valence-corrected chi connectivity index (χ1v) is 9.81. The molecule has 3 aromatic carbocycles. The number of carbonyl (C=O) groups excluding carboxylic acids is 1. The average molecular weight is 415 g/mol. The van der Waals surface area contributed by atoms with Crippen LogP contribution in [0.5, 0.6) is 11.5 Å². The van der Waals surface area contributed by atoms with Crippen molar-refractivity contribution in [3.8, 4) is 35.0 Å². The Balaban J connectivity index is 1.92. The first-order valence-electron chi connectivity index (χ1n) is 9.81. The maximum Gasteiger partial charge on any atom is 0.258 e. The van der Waals surface area contributed by atoms with Gasteiger partial charge >= 0.3 is 0 Å². The lowest BCUT2D eigenvalue weighted by Crippen LogP contribution is -2.24. The SMILES string of the molecule is C#CCOC(C(=O)Nc1ccccc1-c1ccc(OC)c(OC)c1)c1ccc(C)cc1. The molecule has 0 fully saturated rings. The first kappa shape index (κ1) is 21.9. The lowest BCUT2D eigenvalue weighted by molar-refractivity contribution is -0.126. The normalized spacial score (nSPS) is 11.3. The summed E-state index contributed by atoms with van der Waals surface area (Å²) in [5.41, 5.74) is 4.21. The Morgan fingerprint density at radius 1 is 1.00 bits per heavy atom. The molecule has 0 saturated carbocycles. The number of para-hydroxylation sites is 1. The van der Waals surface area contributed by atoms with E-state index in [1.54, 1.807) is 14.2 Å². The molecular formula is C26H25NO4. The number of ether oxygens (including phenoxy) is 3. The standard InChI is InChI=1S/C26H25NO4/c1-5-16-31-25(19-12-10-18(2)11-13-19)26(28)27-22-9-7-6-8-21(22)20-14-15-23(29-3)24(17-20)30-4/h1,6-15,17,25H,16H2,2-4H3,(H,27,28). The highest BCUT2D eigenvalue weighted by Crippen LogP contribution is 2.35. The Labute approximate surface area is 183 Å². The van der Waals surface area contributed by atoms with E-state index in [-0.39, 0.29) is 12.5 Å². The summed E-state index contributed by atoms with van der Waals surface area (Å²) >= 11 is 0. The second kappa shape index (κ2) is 10.3. The van der Waals surface area contributed by atoms with Gasteiger partial charge in [0.25, 0.3) is 5.91 Å². The fourth-order valence-corrected chi connectivity index (χ4v) is 3.24. The van der Waals surface area contributed by atoms with Crippen LogP contribution in [0.2, 0.25) is 0 Å². The summed E-state index contributed by atoms with van der Waals surface area (Å²) in [5.74, 6) is 3.37. The summed E-state index contributed by atoms with van der Waals surface area (Å²) in [7, 11) is 3.18. The second-order valence-electron chi connectivity index (χ2n) is 6.91. The number of anilines is 1. The fraction of sp³-hybridized carbons (Fsp3) is 0.192. The summed E-state index contributed by atoms with van der Waals surface area (Å²) in [5, 5.41) is 2.99. The van der Waals surface area contributed by atoms with Crippen LogP contribution < -0.4 is 14.8 Å². The van der Waals surface area contributed by atoms with E-state index in [9.17, 15) is 4.79 Å². The quantitative estimate of drug-likeness (QED) is 0.526. The van der Waals surface area contributed by atoms with E-state index in [0.717, 1.165) is 22.3 Å². The zero-order valence-electron chi connectivity index (χ0n) is 17.8. The van der Waals surface area contributed by atoms with E-state index >= 15 is 0 Å². The van der Waals surface area contributed by atoms with E-state index in [1.807, 2.05) is 73.7 Å². The number of nitrogens with one attached hydrogen (secondary N) is 1. The zero-order valence-corrected chi connectivity index (χ0v) is 17.8. The molecule has 3 aromatic rings. The fourth-order valence-electron chi connectivity index (χ4n) is 3.24. The van der Waals surface area contributed by atoms with Crippen molar-refractivity contribution in [2.24, 2.45) is 0 Å². The van der Waals surface area contributed by atoms with Crippen molar-refractivity contribution in [3.05, 3.63) is 77.9 Å². The second-order valence-corrected chi connectivity index (χ2v) is 6.91. The average Bonchev–Trinajstić information content (AvgIpc) is 2.80. The molecule has 5 nitrogen and oxygen atoms in total. The minimum atomic E-state index is -0.824. The third kappa shape index (κ3) is 5.25. The van der Waals surface area contributed by atoms with E-state index in [4.69, 9.17) is 20.6 Å². The van der Waals surface area contributed by atoms with E-state index in [1.165, 1.54) is 0 Å². The van der Waals surface area contributed by atoms with Gasteiger partial charge in [-0.15, -0.1) is 6.42 Å². The number of hydrogen-bond acceptors (Lipinski definition) is 4. The molecule has 0 saturated heterocycles. The lowest BCUT2D eigenvalue weighted by Gasteiger charge is -2.19. The lowest BCUT2D eigenvalue weighted by atomic mass is 10.0. The van der Waals surface area contributed by atoms with E-state index in [0.29, 0.717) is 17.2 Å². The number of methoxy groups -OCH3 is 2. The van der Waals surface area contributed by atoms with Gasteiger partial charge in [-0.25, -0.2) is 0 Å². The molecule has 1 atom stereocenters. The number of carbonyl (C=O) groups is 1. The zero-order chi connectivity index (χ0) is 22.2. The summed E-state index contributed by atoms with van der Waals surface area (Å²) in [6.45, 7) is 2.02. The number of benzene rings is 3. The molecule has 0 aliphatic heterocycles. The Kier molecular flexibility index (Phi) is 7.31. The number of terminal acetylenes is 1. The van der Waals surface area contributed by atoms with Gasteiger partial charge in [0, 0.05) is 11.3 Å². The number of hydrogen-bond donors (Lipinski definition) is 1. The minimum absolute atomic E-state index is 0.0310. The van der Waals surface area contributed by atoms with Gasteiger partial charge in [0.05, 0.1) is 14.2 Å². The van der Waals surface area contributed by atoms with Gasteiger partial charge in [0.1, 0.15) is 6.61 Å². The minimum Gasteiger partial charge on any atom is -0.493 e. The summed E-state index contributed by atoms with van der Waals surface area (Å²) in [6.07, 6.45) is 4.53. The molecule has 1 N–H and O–H groups in total. The molecule has 5 heteroatoms. The Hall–Kier alpha value is -3.75. The van der Waals surface area contributed by atoms with Gasteiger partial charge in [0.2, 0.25) is 0 Å². The summed E-state index contributed by atoms with van der Waals surface area (Å²) in [6, 6.07) is 20.8. The van der Waals surface area contributed by atoms with Crippen molar-refractivity contribution in [1.29, 1.82) is 0 Å². The van der Waals surface area contributed by atoms with Crippen LogP contribution in [0, 0.1) is 19.3 Å². The molecule has 1 amide bonds. The molecule has 0 aliphatic carbocycles. The highest BCUT2D eigenvalue weighted by Gasteiger charge is 2.22. The van der Waals surface area contributed by atoms with Crippen LogP contribution in [0.3, 0.4) is 0 Å². The van der Waals surface area contributed by atoms with E-state index in [2.05, 4.69) is 11.2 Å². The summed E-state index contributed by atoms with van der Waals surface area (Å²) < 4.78 is 16.4. The molecular weight excluding hydrogens is 390 g/mol. The van der Waals surface area contributed by atoms with Crippen molar-refractivity contribution in [2.75, 3.05) is 26.1 Å². The summed E-state index contributed by atoms with van der Waals surface area (Å²) in [4.78, 5) is 13.2. The van der Waals surface area contributed by atoms with Crippen molar-refractivity contribution >= 4 is 11.6 Å². The molecule has 3 rings (SSSR count). The van der Waals surface area contributed by atoms with Crippen LogP contribution in [0.1, 0.15) is 17.2 Å². The Bertz CT molecular complexity index is 1080. The predicted octanol–water partition coefficient (Wildman–Crippen LogP) is 5.01. The highest BCUT2D eigenvalue weighted by molar-refractivity contribution is 5.98. The van der Waals surface area contributed by atoms with Crippen molar-refractivity contribution < 1.29 is 19.0 Å². The van der Waals surface area contributed by atoms with E-state index < -0.39 is 6.10 Å². The number of aryl methyl sites for hydroxylation is 1. The topological polar surface area (TPSA) is 56.8 Å². The number of amides is 1. The monoisotopic (exact) mass is 415 g/mol. The third-order valence-corrected chi connectivity index (χ3v) is 4.83. The Morgan fingerprint density at radius 2 is 1.71 bits per heavy atom. The van der Waals surface area contributed by atoms with Crippen LogP contribution in [-0.2, 0) is 9.53 Å². The third-order valence-electron chi connectivity index (χ3n) is 4.83. The molecule has 1 unspecified atom stereocenters. The molecule has 0 heterocycles. The largest absolute Gasteiger partial charge is 0.493 e. The predicted molar refractivity (Wildman–Crippen MR) is 122 cm³/mol. The van der Waals surface area contributed by atoms with Gasteiger partial charge in [-0.2, -0.15) is 0 Å². The van der Waals surface area contributed by atoms with Crippen LogP contribution in [0.25, 0.3) is 11.1 Å². The maximum atomic E-state index is 13.2. The molecule has 31 heavy (non-hydrogen) atoms. The first-order chi connectivity index (χ1) is 15.1. The molecule has 0 aromatic heterocycles. The van der Waals surface area contributed by atoms with Crippen molar-refractivity contribution in [1.82, 2.24) is 0 Å². The molecule has 0 spiro atoms. The van der Waals surface area contributed by atoms with Crippen LogP contribution in [0.4, 0.5) is 5.69 Å². The molecule has 0 aliphatic rings. The molecule has 0 bridgehead atoms. The Morgan fingerprint density at radius 3 is 2.39 bits per heavy atom. The smallest absolute Gasteiger partial charge is 0.258 e. The van der Waals surface area contributed by atoms with Gasteiger partial charge < -0.3 is 19.5 Å². The van der Waals surface area contributed by atoms with Crippen LogP contribution >= 0.6 is 0 Å². The van der Waals surface area contributed by atoms with Crippen LogP contribution in [0.15, 0.2) is 66.7 Å². The van der Waals surface area contributed by atoms with Gasteiger partial charge in [0.15, 0.2) is 17.6 Å². The van der Waals surface area contributed by atoms with Crippen LogP contribution in [-0.4, -0.2) is 26.7 Å². The van der Waals surface area contributed by atoms with Gasteiger partial charge in [-0.3, -0.25) is 4.79 Å². The highest BCUT2D eigenvalue weighted by atomic mass is 16.5. The maximum absolute atomic E-state index is 13.2.